The topological polar surface area (TPSA) is 139 Å². The van der Waals surface area contributed by atoms with Crippen molar-refractivity contribution in [3.05, 3.63) is 98.7 Å². The number of anilines is 1. The van der Waals surface area contributed by atoms with E-state index in [1.54, 1.807) is 30.5 Å². The maximum atomic E-state index is 12.1. The van der Waals surface area contributed by atoms with Crippen LogP contribution in [0, 0.1) is 10.1 Å². The molecule has 1 aromatic heterocycles. The molecule has 0 aliphatic heterocycles. The SMILES string of the molecule is O=C(NC[C@@H](O)c1ccc([N+](=O)[O-])cc1)Nc1cccc(Cn2cccnc2=O)c1. The first-order valence-corrected chi connectivity index (χ1v) is 9.00. The van der Waals surface area contributed by atoms with Gasteiger partial charge >= 0.3 is 11.7 Å². The van der Waals surface area contributed by atoms with Crippen molar-refractivity contribution >= 4 is 17.4 Å². The Bertz CT molecular complexity index is 1100. The van der Waals surface area contributed by atoms with E-state index in [1.165, 1.54) is 35.0 Å². The Balaban J connectivity index is 1.55. The summed E-state index contributed by atoms with van der Waals surface area (Å²) in [6.45, 7) is 0.233. The number of carbonyl (C=O) groups is 1. The number of amides is 2. The lowest BCUT2D eigenvalue weighted by molar-refractivity contribution is -0.384. The van der Waals surface area contributed by atoms with Gasteiger partial charge in [-0.05, 0) is 41.5 Å². The molecule has 3 aromatic rings. The van der Waals surface area contributed by atoms with Crippen molar-refractivity contribution in [2.75, 3.05) is 11.9 Å². The number of aliphatic hydroxyl groups excluding tert-OH is 1. The molecule has 10 nitrogen and oxygen atoms in total. The molecule has 2 aromatic carbocycles. The van der Waals surface area contributed by atoms with Gasteiger partial charge in [0.1, 0.15) is 0 Å². The van der Waals surface area contributed by atoms with Crippen LogP contribution in [0.25, 0.3) is 0 Å². The van der Waals surface area contributed by atoms with Crippen LogP contribution >= 0.6 is 0 Å². The van der Waals surface area contributed by atoms with E-state index in [4.69, 9.17) is 0 Å². The largest absolute Gasteiger partial charge is 0.387 e. The molecule has 10 heteroatoms. The number of nitro benzene ring substituents is 1. The van der Waals surface area contributed by atoms with Crippen LogP contribution in [0.1, 0.15) is 17.2 Å². The fraction of sp³-hybridized carbons (Fsp3) is 0.150. The zero-order valence-electron chi connectivity index (χ0n) is 15.8. The number of aromatic nitrogens is 2. The summed E-state index contributed by atoms with van der Waals surface area (Å²) >= 11 is 0. The number of aliphatic hydroxyl groups is 1. The number of hydrogen-bond donors (Lipinski definition) is 3. The lowest BCUT2D eigenvalue weighted by Gasteiger charge is -2.13. The fourth-order valence-electron chi connectivity index (χ4n) is 2.75. The van der Waals surface area contributed by atoms with Crippen LogP contribution in [0.4, 0.5) is 16.2 Å². The van der Waals surface area contributed by atoms with Crippen LogP contribution in [0.3, 0.4) is 0 Å². The highest BCUT2D eigenvalue weighted by molar-refractivity contribution is 5.89. The molecule has 154 valence electrons. The molecule has 3 N–H and O–H groups in total. The molecule has 0 aliphatic carbocycles. The summed E-state index contributed by atoms with van der Waals surface area (Å²) in [5, 5.41) is 26.0. The number of non-ortho nitro benzene ring substituents is 1. The molecule has 0 unspecified atom stereocenters. The van der Waals surface area contributed by atoms with Gasteiger partial charge in [0.05, 0.1) is 17.6 Å². The summed E-state index contributed by atoms with van der Waals surface area (Å²) in [5.41, 5.74) is 1.32. The number of hydrogen-bond acceptors (Lipinski definition) is 6. The van der Waals surface area contributed by atoms with Gasteiger partial charge < -0.3 is 15.7 Å². The van der Waals surface area contributed by atoms with Crippen LogP contribution < -0.4 is 16.3 Å². The van der Waals surface area contributed by atoms with E-state index in [2.05, 4.69) is 15.6 Å². The maximum Gasteiger partial charge on any atom is 0.347 e. The average Bonchev–Trinajstić information content (AvgIpc) is 2.74. The highest BCUT2D eigenvalue weighted by Crippen LogP contribution is 2.17. The third-order valence-corrected chi connectivity index (χ3v) is 4.27. The fourth-order valence-corrected chi connectivity index (χ4v) is 2.75. The van der Waals surface area contributed by atoms with Crippen molar-refractivity contribution in [3.63, 3.8) is 0 Å². The van der Waals surface area contributed by atoms with Gasteiger partial charge in [0.2, 0.25) is 0 Å². The second-order valence-electron chi connectivity index (χ2n) is 6.43. The Morgan fingerprint density at radius 3 is 2.67 bits per heavy atom. The van der Waals surface area contributed by atoms with Crippen molar-refractivity contribution in [3.8, 4) is 0 Å². The second kappa shape index (κ2) is 9.43. The summed E-state index contributed by atoms with van der Waals surface area (Å²) < 4.78 is 1.44. The third-order valence-electron chi connectivity index (χ3n) is 4.27. The minimum Gasteiger partial charge on any atom is -0.387 e. The number of carbonyl (C=O) groups excluding carboxylic acids is 1. The van der Waals surface area contributed by atoms with Gasteiger partial charge in [-0.25, -0.2) is 14.6 Å². The molecule has 0 aliphatic rings. The summed E-state index contributed by atoms with van der Waals surface area (Å²) in [4.78, 5) is 37.7. The number of urea groups is 1. The number of nitrogens with zero attached hydrogens (tertiary/aromatic N) is 3. The first-order chi connectivity index (χ1) is 14.4. The van der Waals surface area contributed by atoms with Crippen molar-refractivity contribution in [2.45, 2.75) is 12.6 Å². The van der Waals surface area contributed by atoms with Crippen molar-refractivity contribution < 1.29 is 14.8 Å². The van der Waals surface area contributed by atoms with Gasteiger partial charge in [0.25, 0.3) is 5.69 Å². The quantitative estimate of drug-likeness (QED) is 0.403. The van der Waals surface area contributed by atoms with Crippen molar-refractivity contribution in [1.82, 2.24) is 14.9 Å². The smallest absolute Gasteiger partial charge is 0.347 e. The molecule has 0 saturated heterocycles. The lowest BCUT2D eigenvalue weighted by Crippen LogP contribution is -2.32. The van der Waals surface area contributed by atoms with E-state index in [9.17, 15) is 24.8 Å². The van der Waals surface area contributed by atoms with E-state index in [0.717, 1.165) is 5.56 Å². The minimum absolute atomic E-state index is 0.0750. The molecule has 1 heterocycles. The van der Waals surface area contributed by atoms with Crippen LogP contribution in [0.2, 0.25) is 0 Å². The zero-order valence-corrected chi connectivity index (χ0v) is 15.8. The van der Waals surface area contributed by atoms with E-state index in [-0.39, 0.29) is 17.9 Å². The second-order valence-corrected chi connectivity index (χ2v) is 6.43. The van der Waals surface area contributed by atoms with Gasteiger partial charge in [-0.2, -0.15) is 0 Å². The van der Waals surface area contributed by atoms with Gasteiger partial charge in [0.15, 0.2) is 0 Å². The van der Waals surface area contributed by atoms with Crippen molar-refractivity contribution in [1.29, 1.82) is 0 Å². The molecule has 0 radical (unpaired) electrons. The number of benzene rings is 2. The summed E-state index contributed by atoms with van der Waals surface area (Å²) in [7, 11) is 0. The maximum absolute atomic E-state index is 12.1. The molecular formula is C20H19N5O5. The standard InChI is InChI=1S/C20H19N5O5/c26-18(15-5-7-17(8-6-15)25(29)30)12-22-19(27)23-16-4-1-3-14(11-16)13-24-10-2-9-21-20(24)28/h1-11,18,26H,12-13H2,(H2,22,23,27)/t18-/m1/s1. The molecule has 0 saturated carbocycles. The molecule has 0 bridgehead atoms. The van der Waals surface area contributed by atoms with Crippen LogP contribution in [0.5, 0.6) is 0 Å². The van der Waals surface area contributed by atoms with Crippen molar-refractivity contribution in [2.24, 2.45) is 0 Å². The van der Waals surface area contributed by atoms with Gasteiger partial charge in [0, 0.05) is 36.8 Å². The van der Waals surface area contributed by atoms with Gasteiger partial charge in [-0.3, -0.25) is 14.7 Å². The molecule has 30 heavy (non-hydrogen) atoms. The van der Waals surface area contributed by atoms with E-state index in [1.807, 2.05) is 6.07 Å². The predicted octanol–water partition coefficient (Wildman–Crippen LogP) is 2.05. The molecule has 0 fully saturated rings. The Morgan fingerprint density at radius 2 is 1.97 bits per heavy atom. The summed E-state index contributed by atoms with van der Waals surface area (Å²) in [5.74, 6) is 0. The minimum atomic E-state index is -1.01. The van der Waals surface area contributed by atoms with E-state index in [0.29, 0.717) is 17.8 Å². The average molecular weight is 409 g/mol. The normalized spacial score (nSPS) is 11.5. The monoisotopic (exact) mass is 409 g/mol. The number of nitro groups is 1. The molecule has 1 atom stereocenters. The van der Waals surface area contributed by atoms with Gasteiger partial charge in [-0.1, -0.05) is 12.1 Å². The zero-order chi connectivity index (χ0) is 21.5. The third kappa shape index (κ3) is 5.49. The molecule has 3 rings (SSSR count). The summed E-state index contributed by atoms with van der Waals surface area (Å²) in [6.07, 6.45) is 2.04. The Labute approximate surface area is 171 Å². The number of nitrogens with one attached hydrogen (secondary N) is 2. The van der Waals surface area contributed by atoms with Crippen LogP contribution in [0.15, 0.2) is 71.8 Å². The number of rotatable bonds is 7. The first kappa shape index (κ1) is 20.7. The highest BCUT2D eigenvalue weighted by atomic mass is 16.6. The molecule has 2 amide bonds. The van der Waals surface area contributed by atoms with E-state index >= 15 is 0 Å². The van der Waals surface area contributed by atoms with Gasteiger partial charge in [-0.15, -0.1) is 0 Å². The van der Waals surface area contributed by atoms with E-state index < -0.39 is 17.1 Å². The van der Waals surface area contributed by atoms with Crippen LogP contribution in [-0.2, 0) is 6.54 Å². The first-order valence-electron chi connectivity index (χ1n) is 9.00. The Morgan fingerprint density at radius 1 is 1.20 bits per heavy atom. The van der Waals surface area contributed by atoms with Crippen LogP contribution in [-0.4, -0.2) is 32.2 Å². The summed E-state index contributed by atoms with van der Waals surface area (Å²) in [6, 6.07) is 13.6. The Hall–Kier alpha value is -4.05. The predicted molar refractivity (Wildman–Crippen MR) is 109 cm³/mol. The lowest BCUT2D eigenvalue weighted by atomic mass is 10.1. The molecule has 0 spiro atoms. The Kier molecular flexibility index (Phi) is 6.50. The highest BCUT2D eigenvalue weighted by Gasteiger charge is 2.12. The molecular weight excluding hydrogens is 390 g/mol.